The first-order valence-electron chi connectivity index (χ1n) is 7.00. The molecule has 1 fully saturated rings. The van der Waals surface area contributed by atoms with Crippen LogP contribution in [0, 0.1) is 0 Å². The molecule has 0 atom stereocenters. The first-order valence-corrected chi connectivity index (χ1v) is 7.00. The van der Waals surface area contributed by atoms with Crippen molar-refractivity contribution in [3.05, 3.63) is 23.8 Å². The van der Waals surface area contributed by atoms with Crippen LogP contribution in [0.1, 0.15) is 30.1 Å². The maximum atomic E-state index is 12.2. The van der Waals surface area contributed by atoms with Crippen LogP contribution in [0.3, 0.4) is 0 Å². The number of anilines is 2. The van der Waals surface area contributed by atoms with Crippen molar-refractivity contribution in [2.75, 3.05) is 31.8 Å². The fourth-order valence-corrected chi connectivity index (χ4v) is 2.38. The van der Waals surface area contributed by atoms with Crippen LogP contribution < -0.4 is 11.1 Å². The van der Waals surface area contributed by atoms with Crippen molar-refractivity contribution >= 4 is 17.3 Å². The Labute approximate surface area is 120 Å². The smallest absolute Gasteiger partial charge is 0.255 e. The molecule has 5 heteroatoms. The predicted molar refractivity (Wildman–Crippen MR) is 80.9 cm³/mol. The number of carbonyl (C=O) groups excluding carboxylic acids is 1. The molecule has 0 unspecified atom stereocenters. The number of carbonyl (C=O) groups is 1. The zero-order valence-electron chi connectivity index (χ0n) is 12.3. The van der Waals surface area contributed by atoms with Crippen LogP contribution in [0.4, 0.5) is 11.4 Å². The first-order chi connectivity index (χ1) is 9.51. The van der Waals surface area contributed by atoms with Crippen LogP contribution in [0.15, 0.2) is 18.2 Å². The standard InChI is InChI=1S/C15H23N3O2/c1-4-20-12-8-11(9-12)17-14-7-10(16)5-6-13(14)15(19)18(2)3/h5-7,11-12,17H,4,8-9,16H2,1-3H3. The van der Waals surface area contributed by atoms with Gasteiger partial charge in [0.1, 0.15) is 0 Å². The Morgan fingerprint density at radius 1 is 1.45 bits per heavy atom. The number of ether oxygens (including phenoxy) is 1. The average molecular weight is 277 g/mol. The van der Waals surface area contributed by atoms with E-state index in [0.29, 0.717) is 23.4 Å². The fraction of sp³-hybridized carbons (Fsp3) is 0.533. The number of nitrogens with one attached hydrogen (secondary N) is 1. The van der Waals surface area contributed by atoms with Crippen molar-refractivity contribution in [1.82, 2.24) is 4.90 Å². The highest BCUT2D eigenvalue weighted by Gasteiger charge is 2.30. The molecular weight excluding hydrogens is 254 g/mol. The van der Waals surface area contributed by atoms with Gasteiger partial charge in [-0.25, -0.2) is 0 Å². The summed E-state index contributed by atoms with van der Waals surface area (Å²) in [6, 6.07) is 5.71. The molecule has 1 aliphatic carbocycles. The number of amides is 1. The van der Waals surface area contributed by atoms with Gasteiger partial charge in [0, 0.05) is 38.1 Å². The quantitative estimate of drug-likeness (QED) is 0.807. The SMILES string of the molecule is CCOC1CC(Nc2cc(N)ccc2C(=O)N(C)C)C1. The Morgan fingerprint density at radius 2 is 2.15 bits per heavy atom. The molecule has 1 aromatic rings. The van der Waals surface area contributed by atoms with Gasteiger partial charge < -0.3 is 20.7 Å². The summed E-state index contributed by atoms with van der Waals surface area (Å²) >= 11 is 0. The molecule has 0 radical (unpaired) electrons. The van der Waals surface area contributed by atoms with E-state index in [1.165, 1.54) is 0 Å². The van der Waals surface area contributed by atoms with Crippen molar-refractivity contribution in [2.24, 2.45) is 0 Å². The third kappa shape index (κ3) is 3.22. The minimum atomic E-state index is -0.0202. The molecule has 1 aromatic carbocycles. The lowest BCUT2D eigenvalue weighted by Gasteiger charge is -2.36. The fourth-order valence-electron chi connectivity index (χ4n) is 2.38. The van der Waals surface area contributed by atoms with Crippen molar-refractivity contribution in [1.29, 1.82) is 0 Å². The Balaban J connectivity index is 2.07. The summed E-state index contributed by atoms with van der Waals surface area (Å²) in [5.74, 6) is -0.0202. The third-order valence-electron chi connectivity index (χ3n) is 3.54. The van der Waals surface area contributed by atoms with Gasteiger partial charge in [0.25, 0.3) is 5.91 Å². The molecule has 20 heavy (non-hydrogen) atoms. The monoisotopic (exact) mass is 277 g/mol. The molecule has 3 N–H and O–H groups in total. The Hall–Kier alpha value is -1.75. The molecule has 0 bridgehead atoms. The molecule has 1 aliphatic rings. The van der Waals surface area contributed by atoms with Gasteiger partial charge in [0.05, 0.1) is 11.7 Å². The first kappa shape index (κ1) is 14.7. The molecule has 1 saturated carbocycles. The lowest BCUT2D eigenvalue weighted by Crippen LogP contribution is -2.41. The number of benzene rings is 1. The van der Waals surface area contributed by atoms with Gasteiger partial charge in [-0.05, 0) is 38.0 Å². The van der Waals surface area contributed by atoms with E-state index in [2.05, 4.69) is 5.32 Å². The van der Waals surface area contributed by atoms with Crippen LogP contribution in [0.5, 0.6) is 0 Å². The Kier molecular flexibility index (Phi) is 4.49. The van der Waals surface area contributed by atoms with E-state index in [-0.39, 0.29) is 5.91 Å². The molecule has 5 nitrogen and oxygen atoms in total. The Bertz CT molecular complexity index is 482. The van der Waals surface area contributed by atoms with E-state index in [0.717, 1.165) is 25.1 Å². The molecule has 0 spiro atoms. The van der Waals surface area contributed by atoms with E-state index in [1.54, 1.807) is 31.1 Å². The van der Waals surface area contributed by atoms with Crippen LogP contribution in [0.25, 0.3) is 0 Å². The highest BCUT2D eigenvalue weighted by Crippen LogP contribution is 2.29. The maximum Gasteiger partial charge on any atom is 0.255 e. The zero-order valence-corrected chi connectivity index (χ0v) is 12.3. The minimum Gasteiger partial charge on any atom is -0.399 e. The summed E-state index contributed by atoms with van der Waals surface area (Å²) in [5.41, 5.74) is 7.95. The maximum absolute atomic E-state index is 12.2. The highest BCUT2D eigenvalue weighted by atomic mass is 16.5. The van der Waals surface area contributed by atoms with E-state index >= 15 is 0 Å². The molecule has 110 valence electrons. The number of hydrogen-bond donors (Lipinski definition) is 2. The van der Waals surface area contributed by atoms with Crippen LogP contribution in [-0.2, 0) is 4.74 Å². The normalized spacial score (nSPS) is 21.1. The molecule has 0 heterocycles. The van der Waals surface area contributed by atoms with E-state index in [1.807, 2.05) is 13.0 Å². The van der Waals surface area contributed by atoms with Gasteiger partial charge in [-0.1, -0.05) is 0 Å². The molecule has 0 aliphatic heterocycles. The predicted octanol–water partition coefficient (Wildman–Crippen LogP) is 1.95. The lowest BCUT2D eigenvalue weighted by molar-refractivity contribution is 0.00298. The van der Waals surface area contributed by atoms with Gasteiger partial charge in [0.2, 0.25) is 0 Å². The molecule has 0 aromatic heterocycles. The van der Waals surface area contributed by atoms with Crippen LogP contribution in [0.2, 0.25) is 0 Å². The highest BCUT2D eigenvalue weighted by molar-refractivity contribution is 6.00. The van der Waals surface area contributed by atoms with Gasteiger partial charge >= 0.3 is 0 Å². The number of nitrogens with two attached hydrogens (primary N) is 1. The molecule has 1 amide bonds. The average Bonchev–Trinajstić information content (AvgIpc) is 2.35. The summed E-state index contributed by atoms with van der Waals surface area (Å²) in [7, 11) is 3.49. The molecule has 0 saturated heterocycles. The Morgan fingerprint density at radius 3 is 2.75 bits per heavy atom. The van der Waals surface area contributed by atoms with Crippen molar-refractivity contribution in [2.45, 2.75) is 31.9 Å². The van der Waals surface area contributed by atoms with E-state index in [4.69, 9.17) is 10.5 Å². The summed E-state index contributed by atoms with van der Waals surface area (Å²) in [5, 5.41) is 3.40. The number of rotatable bonds is 5. The van der Waals surface area contributed by atoms with E-state index in [9.17, 15) is 4.79 Å². The van der Waals surface area contributed by atoms with Crippen LogP contribution in [-0.4, -0.2) is 43.7 Å². The molecular formula is C15H23N3O2. The van der Waals surface area contributed by atoms with Crippen molar-refractivity contribution in [3.63, 3.8) is 0 Å². The topological polar surface area (TPSA) is 67.6 Å². The second-order valence-electron chi connectivity index (χ2n) is 5.39. The summed E-state index contributed by atoms with van der Waals surface area (Å²) in [6.07, 6.45) is 2.28. The minimum absolute atomic E-state index is 0.0202. The lowest BCUT2D eigenvalue weighted by atomic mass is 9.88. The third-order valence-corrected chi connectivity index (χ3v) is 3.54. The number of hydrogen-bond acceptors (Lipinski definition) is 4. The van der Waals surface area contributed by atoms with Gasteiger partial charge in [0.15, 0.2) is 0 Å². The van der Waals surface area contributed by atoms with Gasteiger partial charge in [-0.3, -0.25) is 4.79 Å². The largest absolute Gasteiger partial charge is 0.399 e. The second-order valence-corrected chi connectivity index (χ2v) is 5.39. The molecule has 2 rings (SSSR count). The van der Waals surface area contributed by atoms with Gasteiger partial charge in [-0.15, -0.1) is 0 Å². The summed E-state index contributed by atoms with van der Waals surface area (Å²) in [4.78, 5) is 13.7. The summed E-state index contributed by atoms with van der Waals surface area (Å²) < 4.78 is 5.55. The zero-order chi connectivity index (χ0) is 14.7. The number of nitrogen functional groups attached to an aromatic ring is 1. The number of nitrogens with zero attached hydrogens (tertiary/aromatic N) is 1. The van der Waals surface area contributed by atoms with Crippen LogP contribution >= 0.6 is 0 Å². The van der Waals surface area contributed by atoms with E-state index < -0.39 is 0 Å². The van der Waals surface area contributed by atoms with Crippen molar-refractivity contribution < 1.29 is 9.53 Å². The summed E-state index contributed by atoms with van der Waals surface area (Å²) in [6.45, 7) is 2.76. The van der Waals surface area contributed by atoms with Gasteiger partial charge in [-0.2, -0.15) is 0 Å². The van der Waals surface area contributed by atoms with Crippen molar-refractivity contribution in [3.8, 4) is 0 Å². The second kappa shape index (κ2) is 6.13.